The maximum absolute atomic E-state index is 14.4. The first-order valence-electron chi connectivity index (χ1n) is 21.3. The van der Waals surface area contributed by atoms with Gasteiger partial charge in [0.15, 0.2) is 32.4 Å². The SMILES string of the molecule is CC[Si](CC)(CC)O[C@@H]1[C@H](OCc2ccccc2)[C@@H](NC(C)=O)[C@@H](OC)O[C@@H]1CC(O)[C@]1(C(=O)OC)C[C@H](OC(C)=O)[C@@H](NC(C)=O)[C@H]([C@H](OC(C)=O)[C@@H](COC(C)=O)OC(C)=O)O1. The Labute approximate surface area is 375 Å². The van der Waals surface area contributed by atoms with Crippen LogP contribution in [0.4, 0.5) is 0 Å². The van der Waals surface area contributed by atoms with Crippen LogP contribution in [0.25, 0.3) is 0 Å². The van der Waals surface area contributed by atoms with E-state index in [1.807, 2.05) is 51.1 Å². The van der Waals surface area contributed by atoms with Gasteiger partial charge in [0.05, 0.1) is 38.1 Å². The summed E-state index contributed by atoms with van der Waals surface area (Å²) >= 11 is 0. The third-order valence-electron chi connectivity index (χ3n) is 11.4. The third kappa shape index (κ3) is 14.2. The fourth-order valence-corrected chi connectivity index (χ4v) is 11.2. The minimum Gasteiger partial charge on any atom is -0.467 e. The van der Waals surface area contributed by atoms with Gasteiger partial charge in [-0.1, -0.05) is 51.1 Å². The van der Waals surface area contributed by atoms with E-state index < -0.39 is 142 Å². The number of aliphatic hydroxyl groups excluding tert-OH is 1. The zero-order valence-electron chi connectivity index (χ0n) is 38.6. The first-order valence-corrected chi connectivity index (χ1v) is 23.9. The van der Waals surface area contributed by atoms with Crippen molar-refractivity contribution in [1.82, 2.24) is 10.6 Å². The van der Waals surface area contributed by atoms with E-state index in [1.165, 1.54) is 14.0 Å². The van der Waals surface area contributed by atoms with Crippen LogP contribution in [0.3, 0.4) is 0 Å². The van der Waals surface area contributed by atoms with Crippen LogP contribution >= 0.6 is 0 Å². The van der Waals surface area contributed by atoms with Crippen molar-refractivity contribution in [3.05, 3.63) is 35.9 Å². The molecule has 0 bridgehead atoms. The molecule has 0 spiro atoms. The summed E-state index contributed by atoms with van der Waals surface area (Å²) in [5, 5.41) is 18.2. The predicted molar refractivity (Wildman–Crippen MR) is 226 cm³/mol. The molecule has 2 aliphatic rings. The second kappa shape index (κ2) is 24.7. The molecule has 3 N–H and O–H groups in total. The molecule has 3 rings (SSSR count). The molecule has 12 atom stereocenters. The summed E-state index contributed by atoms with van der Waals surface area (Å²) in [5.74, 6) is -5.81. The molecule has 64 heavy (non-hydrogen) atoms. The third-order valence-corrected chi connectivity index (χ3v) is 16.1. The molecule has 21 heteroatoms. The summed E-state index contributed by atoms with van der Waals surface area (Å²) in [5.41, 5.74) is -1.72. The Hall–Kier alpha value is -4.51. The van der Waals surface area contributed by atoms with Crippen LogP contribution in [0.1, 0.15) is 80.7 Å². The average molecular weight is 927 g/mol. The van der Waals surface area contributed by atoms with Gasteiger partial charge >= 0.3 is 29.8 Å². The van der Waals surface area contributed by atoms with Crippen LogP contribution < -0.4 is 10.6 Å². The van der Waals surface area contributed by atoms with Gasteiger partial charge in [-0.3, -0.25) is 28.8 Å². The highest BCUT2D eigenvalue weighted by molar-refractivity contribution is 6.73. The number of amides is 2. The Balaban J connectivity index is 2.33. The summed E-state index contributed by atoms with van der Waals surface area (Å²) in [4.78, 5) is 90.0. The molecule has 1 unspecified atom stereocenters. The number of rotatable bonds is 22. The van der Waals surface area contributed by atoms with Gasteiger partial charge in [0, 0.05) is 61.5 Å². The van der Waals surface area contributed by atoms with Crippen LogP contribution in [-0.2, 0) is 87.2 Å². The molecule has 2 amide bonds. The van der Waals surface area contributed by atoms with E-state index in [9.17, 15) is 38.7 Å². The number of carbonyl (C=O) groups is 7. The highest BCUT2D eigenvalue weighted by Gasteiger charge is 2.62. The lowest BCUT2D eigenvalue weighted by Crippen LogP contribution is -2.72. The smallest absolute Gasteiger partial charge is 0.341 e. The lowest BCUT2D eigenvalue weighted by atomic mass is 9.78. The molecule has 1 aromatic carbocycles. The van der Waals surface area contributed by atoms with Crippen LogP contribution in [0.15, 0.2) is 30.3 Å². The van der Waals surface area contributed by atoms with Gasteiger partial charge in [-0.2, -0.15) is 0 Å². The van der Waals surface area contributed by atoms with Gasteiger partial charge < -0.3 is 62.8 Å². The Morgan fingerprint density at radius 1 is 0.812 bits per heavy atom. The lowest BCUT2D eigenvalue weighted by Gasteiger charge is -2.52. The van der Waals surface area contributed by atoms with Crippen LogP contribution in [0, 0.1) is 0 Å². The standard InChI is InChI=1S/C43H66N2O18Si/c1-12-64(13-2,14-3)63-38-31(61-41(54-10)36(45-25(5)47)39(38)57-22-30-18-16-15-17-19-30)20-34(52)43(42(53)55-11)21-32(58-27(7)49)35(44-24(4)46)40(62-43)37(60-29(9)51)33(59-28(8)50)23-56-26(6)48/h15-19,31-41,52H,12-14,20-23H2,1-11H3,(H,44,46)(H,45,47)/t31-,32+,33-,34?,35-,36-,37-,38+,39-,40-,41+,43+/m1/s1. The first kappa shape index (κ1) is 53.8. The Bertz CT molecular complexity index is 1740. The fraction of sp³-hybridized carbons (Fsp3) is 0.698. The number of nitrogens with one attached hydrogen (secondary N) is 2. The van der Waals surface area contributed by atoms with E-state index in [-0.39, 0.29) is 6.61 Å². The van der Waals surface area contributed by atoms with Crippen molar-refractivity contribution in [1.29, 1.82) is 0 Å². The summed E-state index contributed by atoms with van der Waals surface area (Å²) in [7, 11) is -0.219. The van der Waals surface area contributed by atoms with Gasteiger partial charge in [-0.25, -0.2) is 4.79 Å². The van der Waals surface area contributed by atoms with Crippen molar-refractivity contribution in [3.8, 4) is 0 Å². The summed E-state index contributed by atoms with van der Waals surface area (Å²) in [6.07, 6.45) is -14.2. The van der Waals surface area contributed by atoms with Crippen molar-refractivity contribution in [2.75, 3.05) is 20.8 Å². The van der Waals surface area contributed by atoms with E-state index in [2.05, 4.69) is 10.6 Å². The molecule has 2 aliphatic heterocycles. The number of ether oxygens (including phenoxy) is 9. The molecular formula is C43H66N2O18Si. The highest BCUT2D eigenvalue weighted by Crippen LogP contribution is 2.42. The number of hydrogen-bond acceptors (Lipinski definition) is 18. The Kier molecular flexibility index (Phi) is 20.8. The quantitative estimate of drug-likeness (QED) is 0.0855. The minimum atomic E-state index is -2.62. The maximum atomic E-state index is 14.4. The maximum Gasteiger partial charge on any atom is 0.341 e. The number of benzene rings is 1. The molecule has 2 saturated heterocycles. The van der Waals surface area contributed by atoms with Crippen molar-refractivity contribution < 1.29 is 85.7 Å². The number of methoxy groups -OCH3 is 2. The van der Waals surface area contributed by atoms with E-state index in [0.717, 1.165) is 47.3 Å². The number of carbonyl (C=O) groups excluding carboxylic acids is 7. The van der Waals surface area contributed by atoms with Crippen molar-refractivity contribution in [2.45, 2.75) is 173 Å². The predicted octanol–water partition coefficient (Wildman–Crippen LogP) is 2.15. The van der Waals surface area contributed by atoms with Gasteiger partial charge in [0.25, 0.3) is 0 Å². The van der Waals surface area contributed by atoms with E-state index in [4.69, 9.17) is 47.1 Å². The first-order chi connectivity index (χ1) is 30.2. The molecule has 2 fully saturated rings. The molecule has 360 valence electrons. The van der Waals surface area contributed by atoms with Crippen LogP contribution in [0.5, 0.6) is 0 Å². The largest absolute Gasteiger partial charge is 0.467 e. The van der Waals surface area contributed by atoms with Crippen molar-refractivity contribution >= 4 is 50.0 Å². The van der Waals surface area contributed by atoms with Gasteiger partial charge in [-0.15, -0.1) is 0 Å². The average Bonchev–Trinajstić information content (AvgIpc) is 3.23. The van der Waals surface area contributed by atoms with Crippen molar-refractivity contribution in [3.63, 3.8) is 0 Å². The van der Waals surface area contributed by atoms with Gasteiger partial charge in [0.1, 0.15) is 31.0 Å². The van der Waals surface area contributed by atoms with E-state index >= 15 is 0 Å². The van der Waals surface area contributed by atoms with Crippen LogP contribution in [-0.4, -0.2) is 149 Å². The van der Waals surface area contributed by atoms with Crippen LogP contribution in [0.2, 0.25) is 18.1 Å². The molecule has 0 radical (unpaired) electrons. The number of hydrogen-bond donors (Lipinski definition) is 3. The topological polar surface area (TPSA) is 256 Å². The molecule has 0 aromatic heterocycles. The second-order valence-corrected chi connectivity index (χ2v) is 20.6. The second-order valence-electron chi connectivity index (χ2n) is 15.9. The minimum absolute atomic E-state index is 0.0754. The lowest BCUT2D eigenvalue weighted by molar-refractivity contribution is -0.283. The summed E-state index contributed by atoms with van der Waals surface area (Å²) < 4.78 is 60.1. The fourth-order valence-electron chi connectivity index (χ4n) is 8.31. The van der Waals surface area contributed by atoms with Gasteiger partial charge in [-0.05, 0) is 23.7 Å². The zero-order valence-corrected chi connectivity index (χ0v) is 39.6. The number of esters is 5. The Morgan fingerprint density at radius 2 is 1.41 bits per heavy atom. The van der Waals surface area contributed by atoms with E-state index in [1.54, 1.807) is 0 Å². The molecule has 1 aromatic rings. The molecule has 0 aliphatic carbocycles. The molecule has 0 saturated carbocycles. The van der Waals surface area contributed by atoms with E-state index in [0.29, 0.717) is 18.1 Å². The monoisotopic (exact) mass is 926 g/mol. The number of aliphatic hydroxyl groups is 1. The summed E-state index contributed by atoms with van der Waals surface area (Å²) in [6.45, 7) is 12.1. The van der Waals surface area contributed by atoms with Gasteiger partial charge in [0.2, 0.25) is 11.8 Å². The normalized spacial score (nSPS) is 27.1. The molecule has 20 nitrogen and oxygen atoms in total. The molecular weight excluding hydrogens is 861 g/mol. The molecule has 2 heterocycles. The highest BCUT2D eigenvalue weighted by atomic mass is 28.4. The summed E-state index contributed by atoms with van der Waals surface area (Å²) in [6, 6.07) is 8.94. The Morgan fingerprint density at radius 3 is 1.91 bits per heavy atom. The zero-order chi connectivity index (χ0) is 47.9. The van der Waals surface area contributed by atoms with Crippen molar-refractivity contribution in [2.24, 2.45) is 0 Å².